The third-order valence-electron chi connectivity index (χ3n) is 4.71. The Labute approximate surface area is 175 Å². The Kier molecular flexibility index (Phi) is 7.28. The minimum Gasteiger partial charge on any atom is -0.507 e. The van der Waals surface area contributed by atoms with Crippen molar-refractivity contribution in [3.63, 3.8) is 0 Å². The standard InChI is InChI=1S/C22H24ClNO5/c1-27-11-9-24(10-12-28-2)14-17-19(25)8-7-16-21(26)20(29-22(16)17)13-15-5-3-4-6-18(15)23/h3-8,13,25H,9-12,14H2,1-2H3/b20-13+. The van der Waals surface area contributed by atoms with Crippen molar-refractivity contribution < 1.29 is 24.1 Å². The minimum absolute atomic E-state index is 0.0791. The van der Waals surface area contributed by atoms with Crippen LogP contribution in [0.1, 0.15) is 21.5 Å². The number of benzene rings is 2. The first-order valence-electron chi connectivity index (χ1n) is 9.29. The van der Waals surface area contributed by atoms with Crippen molar-refractivity contribution in [3.8, 4) is 11.5 Å². The predicted octanol–water partition coefficient (Wildman–Crippen LogP) is 3.76. The topological polar surface area (TPSA) is 68.2 Å². The fraction of sp³-hybridized carbons (Fsp3) is 0.318. The first kappa shape index (κ1) is 21.3. The summed E-state index contributed by atoms with van der Waals surface area (Å²) in [5.74, 6) is 0.408. The van der Waals surface area contributed by atoms with Crippen LogP contribution < -0.4 is 4.74 Å². The fourth-order valence-electron chi connectivity index (χ4n) is 3.12. The van der Waals surface area contributed by atoms with Crippen molar-refractivity contribution in [3.05, 3.63) is 63.9 Å². The number of ether oxygens (including phenoxy) is 3. The summed E-state index contributed by atoms with van der Waals surface area (Å²) >= 11 is 6.20. The zero-order valence-electron chi connectivity index (χ0n) is 16.5. The number of phenols is 1. The van der Waals surface area contributed by atoms with Gasteiger partial charge in [0.2, 0.25) is 5.78 Å². The molecule has 1 aliphatic heterocycles. The lowest BCUT2D eigenvalue weighted by molar-refractivity contribution is 0.101. The van der Waals surface area contributed by atoms with Gasteiger partial charge in [0.25, 0.3) is 0 Å². The molecule has 7 heteroatoms. The first-order chi connectivity index (χ1) is 14.0. The first-order valence-corrected chi connectivity index (χ1v) is 9.66. The quantitative estimate of drug-likeness (QED) is 0.626. The largest absolute Gasteiger partial charge is 0.507 e. The second kappa shape index (κ2) is 9.89. The summed E-state index contributed by atoms with van der Waals surface area (Å²) in [5.41, 5.74) is 1.68. The van der Waals surface area contributed by atoms with Crippen LogP contribution in [0.2, 0.25) is 5.02 Å². The van der Waals surface area contributed by atoms with Crippen LogP contribution in [0.15, 0.2) is 42.2 Å². The van der Waals surface area contributed by atoms with Crippen molar-refractivity contribution in [1.29, 1.82) is 0 Å². The van der Waals surface area contributed by atoms with Gasteiger partial charge in [-0.2, -0.15) is 0 Å². The number of allylic oxidation sites excluding steroid dienone is 1. The van der Waals surface area contributed by atoms with Crippen LogP contribution in [-0.4, -0.2) is 56.3 Å². The van der Waals surface area contributed by atoms with E-state index in [9.17, 15) is 9.90 Å². The normalized spacial score (nSPS) is 14.5. The SMILES string of the molecule is COCCN(CCOC)Cc1c(O)ccc2c1O/C(=C/c1ccccc1Cl)C2=O. The number of carbonyl (C=O) groups excluding carboxylic acids is 1. The summed E-state index contributed by atoms with van der Waals surface area (Å²) in [5, 5.41) is 11.0. The number of phenolic OH excluding ortho intramolecular Hbond substituents is 1. The number of nitrogens with zero attached hydrogens (tertiary/aromatic N) is 1. The molecule has 1 aliphatic rings. The van der Waals surface area contributed by atoms with E-state index in [1.165, 1.54) is 6.07 Å². The molecule has 0 unspecified atom stereocenters. The number of fused-ring (bicyclic) bond motifs is 1. The summed E-state index contributed by atoms with van der Waals surface area (Å²) in [6, 6.07) is 10.3. The lowest BCUT2D eigenvalue weighted by Crippen LogP contribution is -2.30. The van der Waals surface area contributed by atoms with Gasteiger partial charge in [-0.3, -0.25) is 9.69 Å². The molecule has 0 aromatic heterocycles. The number of hydrogen-bond donors (Lipinski definition) is 1. The average Bonchev–Trinajstić information content (AvgIpc) is 3.03. The van der Waals surface area contributed by atoms with Crippen molar-refractivity contribution in [2.24, 2.45) is 0 Å². The van der Waals surface area contributed by atoms with E-state index >= 15 is 0 Å². The molecule has 6 nitrogen and oxygen atoms in total. The molecular formula is C22H24ClNO5. The minimum atomic E-state index is -0.235. The molecule has 3 rings (SSSR count). The molecule has 2 aromatic rings. The highest BCUT2D eigenvalue weighted by molar-refractivity contribution is 6.32. The fourth-order valence-corrected chi connectivity index (χ4v) is 3.31. The second-order valence-electron chi connectivity index (χ2n) is 6.66. The zero-order chi connectivity index (χ0) is 20.8. The van der Waals surface area contributed by atoms with Gasteiger partial charge in [-0.15, -0.1) is 0 Å². The van der Waals surface area contributed by atoms with Crippen LogP contribution in [0.4, 0.5) is 0 Å². The lowest BCUT2D eigenvalue weighted by Gasteiger charge is -2.23. The maximum atomic E-state index is 12.8. The van der Waals surface area contributed by atoms with Gasteiger partial charge in [0.05, 0.1) is 24.3 Å². The van der Waals surface area contributed by atoms with E-state index in [0.29, 0.717) is 60.3 Å². The number of Topliss-reactive ketones (excluding diaryl/α,β-unsaturated/α-hetero) is 1. The van der Waals surface area contributed by atoms with E-state index in [1.54, 1.807) is 32.4 Å². The molecule has 29 heavy (non-hydrogen) atoms. The Morgan fingerprint density at radius 1 is 1.10 bits per heavy atom. The summed E-state index contributed by atoms with van der Waals surface area (Å²) < 4.78 is 16.2. The Bertz CT molecular complexity index is 904. The molecule has 0 atom stereocenters. The highest BCUT2D eigenvalue weighted by atomic mass is 35.5. The van der Waals surface area contributed by atoms with Crippen molar-refractivity contribution in [2.45, 2.75) is 6.54 Å². The van der Waals surface area contributed by atoms with Crippen LogP contribution in [0, 0.1) is 0 Å². The number of ketones is 1. The van der Waals surface area contributed by atoms with Gasteiger partial charge in [-0.05, 0) is 29.8 Å². The molecule has 2 aromatic carbocycles. The van der Waals surface area contributed by atoms with E-state index in [4.69, 9.17) is 25.8 Å². The van der Waals surface area contributed by atoms with Gasteiger partial charge < -0.3 is 19.3 Å². The number of aromatic hydroxyl groups is 1. The summed E-state index contributed by atoms with van der Waals surface area (Å²) in [4.78, 5) is 14.9. The Morgan fingerprint density at radius 2 is 1.79 bits per heavy atom. The highest BCUT2D eigenvalue weighted by Crippen LogP contribution is 2.40. The molecule has 0 spiro atoms. The molecular weight excluding hydrogens is 394 g/mol. The van der Waals surface area contributed by atoms with Gasteiger partial charge in [0.1, 0.15) is 11.5 Å². The maximum absolute atomic E-state index is 12.8. The molecule has 1 heterocycles. The van der Waals surface area contributed by atoms with E-state index in [1.807, 2.05) is 18.2 Å². The molecule has 0 fully saturated rings. The highest BCUT2D eigenvalue weighted by Gasteiger charge is 2.31. The molecule has 0 saturated carbocycles. The third kappa shape index (κ3) is 4.97. The van der Waals surface area contributed by atoms with Gasteiger partial charge in [-0.1, -0.05) is 29.8 Å². The average molecular weight is 418 g/mol. The summed E-state index contributed by atoms with van der Waals surface area (Å²) in [7, 11) is 3.28. The number of methoxy groups -OCH3 is 2. The van der Waals surface area contributed by atoms with Gasteiger partial charge in [-0.25, -0.2) is 0 Å². The van der Waals surface area contributed by atoms with Crippen LogP contribution >= 0.6 is 11.6 Å². The molecule has 0 bridgehead atoms. The molecule has 0 amide bonds. The van der Waals surface area contributed by atoms with Gasteiger partial charge in [0.15, 0.2) is 5.76 Å². The van der Waals surface area contributed by atoms with Crippen LogP contribution in [-0.2, 0) is 16.0 Å². The summed E-state index contributed by atoms with van der Waals surface area (Å²) in [6.07, 6.45) is 1.62. The number of hydrogen-bond acceptors (Lipinski definition) is 6. The molecule has 0 radical (unpaired) electrons. The van der Waals surface area contributed by atoms with Gasteiger partial charge in [0, 0.05) is 38.9 Å². The van der Waals surface area contributed by atoms with Crippen LogP contribution in [0.25, 0.3) is 6.08 Å². The smallest absolute Gasteiger partial charge is 0.231 e. The Hall–Kier alpha value is -2.38. The third-order valence-corrected chi connectivity index (χ3v) is 5.06. The Morgan fingerprint density at radius 3 is 2.45 bits per heavy atom. The molecule has 154 valence electrons. The number of halogens is 1. The number of rotatable bonds is 9. The van der Waals surface area contributed by atoms with Crippen LogP contribution in [0.3, 0.4) is 0 Å². The number of carbonyl (C=O) groups is 1. The predicted molar refractivity (Wildman–Crippen MR) is 112 cm³/mol. The molecule has 0 saturated heterocycles. The maximum Gasteiger partial charge on any atom is 0.231 e. The van der Waals surface area contributed by atoms with Crippen molar-refractivity contribution in [1.82, 2.24) is 4.90 Å². The lowest BCUT2D eigenvalue weighted by atomic mass is 10.0. The van der Waals surface area contributed by atoms with Gasteiger partial charge >= 0.3 is 0 Å². The molecule has 0 aliphatic carbocycles. The van der Waals surface area contributed by atoms with E-state index in [0.717, 1.165) is 0 Å². The van der Waals surface area contributed by atoms with Crippen LogP contribution in [0.5, 0.6) is 11.5 Å². The van der Waals surface area contributed by atoms with E-state index in [-0.39, 0.29) is 17.3 Å². The summed E-state index contributed by atoms with van der Waals surface area (Å²) in [6.45, 7) is 2.78. The van der Waals surface area contributed by atoms with Crippen molar-refractivity contribution in [2.75, 3.05) is 40.5 Å². The van der Waals surface area contributed by atoms with Crippen molar-refractivity contribution >= 4 is 23.5 Å². The molecule has 1 N–H and O–H groups in total. The monoisotopic (exact) mass is 417 g/mol. The second-order valence-corrected chi connectivity index (χ2v) is 7.07. The van der Waals surface area contributed by atoms with E-state index in [2.05, 4.69) is 4.90 Å². The zero-order valence-corrected chi connectivity index (χ0v) is 17.2. The Balaban J connectivity index is 1.90. The van der Waals surface area contributed by atoms with E-state index < -0.39 is 0 Å².